The van der Waals surface area contributed by atoms with Gasteiger partial charge in [0.15, 0.2) is 0 Å². The van der Waals surface area contributed by atoms with E-state index in [9.17, 15) is 22.4 Å². The van der Waals surface area contributed by atoms with Crippen LogP contribution in [0.3, 0.4) is 0 Å². The molecule has 0 aliphatic carbocycles. The maximum Gasteiger partial charge on any atom is 0.258 e. The lowest BCUT2D eigenvalue weighted by molar-refractivity contribution is -0.122. The quantitative estimate of drug-likeness (QED) is 0.775. The van der Waals surface area contributed by atoms with Gasteiger partial charge in [0.1, 0.15) is 11.6 Å². The Morgan fingerprint density at radius 3 is 2.71 bits per heavy atom. The summed E-state index contributed by atoms with van der Waals surface area (Å²) in [4.78, 5) is 23.7. The lowest BCUT2D eigenvalue weighted by Crippen LogP contribution is -2.49. The van der Waals surface area contributed by atoms with E-state index in [-0.39, 0.29) is 47.4 Å². The number of carbonyl (C=O) groups is 2. The van der Waals surface area contributed by atoms with Gasteiger partial charge >= 0.3 is 0 Å². The largest absolute Gasteiger partial charge is 0.497 e. The number of anilines is 1. The number of amides is 2. The molecule has 10 heteroatoms. The van der Waals surface area contributed by atoms with E-state index in [0.717, 1.165) is 10.4 Å². The van der Waals surface area contributed by atoms with Crippen molar-refractivity contribution in [2.45, 2.75) is 4.90 Å². The summed E-state index contributed by atoms with van der Waals surface area (Å²) in [6, 6.07) is 9.37. The van der Waals surface area contributed by atoms with Crippen LogP contribution in [0.2, 0.25) is 0 Å². The minimum atomic E-state index is -3.90. The van der Waals surface area contributed by atoms with E-state index < -0.39 is 21.7 Å². The first-order valence-electron chi connectivity index (χ1n) is 8.33. The Labute approximate surface area is 161 Å². The maximum atomic E-state index is 14.1. The van der Waals surface area contributed by atoms with Crippen LogP contribution in [0.5, 0.6) is 5.75 Å². The van der Waals surface area contributed by atoms with Crippen LogP contribution < -0.4 is 15.4 Å². The molecule has 2 aromatic carbocycles. The predicted molar refractivity (Wildman–Crippen MR) is 99.1 cm³/mol. The molecule has 1 heterocycles. The lowest BCUT2D eigenvalue weighted by atomic mass is 10.2. The first kappa shape index (κ1) is 19.8. The van der Waals surface area contributed by atoms with E-state index in [0.29, 0.717) is 0 Å². The molecule has 2 N–H and O–H groups in total. The van der Waals surface area contributed by atoms with Gasteiger partial charge in [0, 0.05) is 24.8 Å². The molecule has 0 aromatic heterocycles. The molecule has 1 fully saturated rings. The topological polar surface area (TPSA) is 105 Å². The Hall–Kier alpha value is -2.98. The van der Waals surface area contributed by atoms with Crippen LogP contribution in [0.15, 0.2) is 47.4 Å². The Bertz CT molecular complexity index is 1030. The van der Waals surface area contributed by atoms with E-state index in [1.54, 1.807) is 0 Å². The molecule has 0 spiro atoms. The zero-order valence-corrected chi connectivity index (χ0v) is 15.8. The number of sulfonamides is 1. The molecule has 148 valence electrons. The number of nitrogens with one attached hydrogen (secondary N) is 2. The number of halogens is 1. The first-order valence-corrected chi connectivity index (χ1v) is 9.77. The Morgan fingerprint density at radius 2 is 2.04 bits per heavy atom. The van der Waals surface area contributed by atoms with Gasteiger partial charge in [-0.25, -0.2) is 12.8 Å². The molecule has 8 nitrogen and oxygen atoms in total. The number of nitrogens with zero attached hydrogens (tertiary/aromatic N) is 1. The first-order chi connectivity index (χ1) is 13.3. The molecule has 3 rings (SSSR count). The van der Waals surface area contributed by atoms with E-state index in [1.165, 1.54) is 43.5 Å². The number of methoxy groups -OCH3 is 1. The normalized spacial score (nSPS) is 15.0. The molecule has 0 radical (unpaired) electrons. The highest BCUT2D eigenvalue weighted by atomic mass is 32.2. The van der Waals surface area contributed by atoms with Crippen LogP contribution >= 0.6 is 0 Å². The molecular formula is C18H18FN3O5S. The zero-order chi connectivity index (χ0) is 20.3. The number of benzene rings is 2. The van der Waals surface area contributed by atoms with Crippen molar-refractivity contribution in [3.05, 3.63) is 53.8 Å². The third-order valence-electron chi connectivity index (χ3n) is 4.15. The molecule has 2 aromatic rings. The van der Waals surface area contributed by atoms with Crippen molar-refractivity contribution >= 4 is 27.5 Å². The summed E-state index contributed by atoms with van der Waals surface area (Å²) in [6.07, 6.45) is 0. The van der Waals surface area contributed by atoms with Gasteiger partial charge in [-0.05, 0) is 30.3 Å². The van der Waals surface area contributed by atoms with Crippen LogP contribution in [0.25, 0.3) is 0 Å². The molecule has 1 saturated heterocycles. The van der Waals surface area contributed by atoms with Crippen molar-refractivity contribution in [3.8, 4) is 5.75 Å². The Morgan fingerprint density at radius 1 is 1.25 bits per heavy atom. The Balaban J connectivity index is 1.81. The standard InChI is InChI=1S/C18H18FN3O5S/c1-27-13-5-6-15(16(19)10-13)18(24)21-12-3-2-4-14(9-12)28(25,26)22-8-7-20-17(23)11-22/h2-6,9-10H,7-8,11H2,1H3,(H,20,23)(H,21,24). The average molecular weight is 407 g/mol. The Kier molecular flexibility index (Phi) is 5.61. The third-order valence-corrected chi connectivity index (χ3v) is 6.00. The molecule has 0 unspecified atom stereocenters. The van der Waals surface area contributed by atoms with Crippen LogP contribution in [0, 0.1) is 5.82 Å². The van der Waals surface area contributed by atoms with Gasteiger partial charge < -0.3 is 15.4 Å². The van der Waals surface area contributed by atoms with Crippen molar-refractivity contribution in [2.24, 2.45) is 0 Å². The van der Waals surface area contributed by atoms with Gasteiger partial charge in [0.25, 0.3) is 5.91 Å². The maximum absolute atomic E-state index is 14.1. The summed E-state index contributed by atoms with van der Waals surface area (Å²) >= 11 is 0. The van der Waals surface area contributed by atoms with Crippen LogP contribution in [0.4, 0.5) is 10.1 Å². The average Bonchev–Trinajstić information content (AvgIpc) is 2.68. The van der Waals surface area contributed by atoms with Gasteiger partial charge in [-0.1, -0.05) is 6.07 Å². The number of hydrogen-bond acceptors (Lipinski definition) is 5. The van der Waals surface area contributed by atoms with Crippen molar-refractivity contribution in [3.63, 3.8) is 0 Å². The molecule has 1 aliphatic heterocycles. The number of ether oxygens (including phenoxy) is 1. The van der Waals surface area contributed by atoms with Gasteiger partial charge in [-0.15, -0.1) is 0 Å². The van der Waals surface area contributed by atoms with E-state index in [4.69, 9.17) is 4.74 Å². The summed E-state index contributed by atoms with van der Waals surface area (Å²) in [5, 5.41) is 5.04. The van der Waals surface area contributed by atoms with E-state index >= 15 is 0 Å². The van der Waals surface area contributed by atoms with E-state index in [2.05, 4.69) is 10.6 Å². The summed E-state index contributed by atoms with van der Waals surface area (Å²) in [5.74, 6) is -1.60. The highest BCUT2D eigenvalue weighted by Crippen LogP contribution is 2.22. The number of hydrogen-bond donors (Lipinski definition) is 2. The second kappa shape index (κ2) is 7.95. The molecule has 2 amide bonds. The minimum absolute atomic E-state index is 0.0739. The molecule has 0 atom stereocenters. The van der Waals surface area contributed by atoms with Crippen molar-refractivity contribution < 1.29 is 27.1 Å². The molecular weight excluding hydrogens is 389 g/mol. The zero-order valence-electron chi connectivity index (χ0n) is 14.9. The molecule has 28 heavy (non-hydrogen) atoms. The highest BCUT2D eigenvalue weighted by Gasteiger charge is 2.29. The summed E-state index contributed by atoms with van der Waals surface area (Å²) in [7, 11) is -2.52. The van der Waals surface area contributed by atoms with E-state index in [1.807, 2.05) is 0 Å². The summed E-state index contributed by atoms with van der Waals surface area (Å²) in [5.41, 5.74) is -0.0236. The van der Waals surface area contributed by atoms with Gasteiger partial charge in [0.2, 0.25) is 15.9 Å². The van der Waals surface area contributed by atoms with Crippen LogP contribution in [-0.2, 0) is 14.8 Å². The monoisotopic (exact) mass is 407 g/mol. The van der Waals surface area contributed by atoms with Gasteiger partial charge in [-0.3, -0.25) is 9.59 Å². The van der Waals surface area contributed by atoms with Crippen molar-refractivity contribution in [1.82, 2.24) is 9.62 Å². The SMILES string of the molecule is COc1ccc(C(=O)Nc2cccc(S(=O)(=O)N3CCNC(=O)C3)c2)c(F)c1. The number of carbonyl (C=O) groups excluding carboxylic acids is 2. The second-order valence-corrected chi connectivity index (χ2v) is 7.95. The second-order valence-electron chi connectivity index (χ2n) is 6.02. The molecule has 0 saturated carbocycles. The van der Waals surface area contributed by atoms with Gasteiger partial charge in [-0.2, -0.15) is 4.31 Å². The fraction of sp³-hybridized carbons (Fsp3) is 0.222. The van der Waals surface area contributed by atoms with Crippen LogP contribution in [-0.4, -0.2) is 51.3 Å². The molecule has 1 aliphatic rings. The third kappa shape index (κ3) is 4.12. The lowest BCUT2D eigenvalue weighted by Gasteiger charge is -2.26. The number of piperazine rings is 1. The summed E-state index contributed by atoms with van der Waals surface area (Å²) in [6.45, 7) is 0.114. The minimum Gasteiger partial charge on any atom is -0.497 e. The predicted octanol–water partition coefficient (Wildman–Crippen LogP) is 1.21. The van der Waals surface area contributed by atoms with Crippen molar-refractivity contribution in [1.29, 1.82) is 0 Å². The van der Waals surface area contributed by atoms with Gasteiger partial charge in [0.05, 0.1) is 24.1 Å². The number of rotatable bonds is 5. The van der Waals surface area contributed by atoms with Crippen LogP contribution in [0.1, 0.15) is 10.4 Å². The molecule has 0 bridgehead atoms. The summed E-state index contributed by atoms with van der Waals surface area (Å²) < 4.78 is 45.5. The van der Waals surface area contributed by atoms with Crippen molar-refractivity contribution in [2.75, 3.05) is 32.1 Å². The smallest absolute Gasteiger partial charge is 0.258 e. The fourth-order valence-corrected chi connectivity index (χ4v) is 4.15. The highest BCUT2D eigenvalue weighted by molar-refractivity contribution is 7.89. The fourth-order valence-electron chi connectivity index (χ4n) is 2.71.